The Kier molecular flexibility index (Phi) is 4.83. The van der Waals surface area contributed by atoms with Crippen LogP contribution in [0, 0.1) is 15.9 Å². The molecule has 0 unspecified atom stereocenters. The number of non-ortho nitro benzene ring substituents is 1. The number of nitro benzene ring substituents is 1. The summed E-state index contributed by atoms with van der Waals surface area (Å²) in [4.78, 5) is 20.2. The maximum Gasteiger partial charge on any atom is 0.270 e. The second kappa shape index (κ2) is 7.42. The van der Waals surface area contributed by atoms with Gasteiger partial charge in [-0.1, -0.05) is 24.3 Å². The zero-order valence-corrected chi connectivity index (χ0v) is 15.5. The van der Waals surface area contributed by atoms with Crippen molar-refractivity contribution in [1.82, 2.24) is 9.97 Å². The van der Waals surface area contributed by atoms with Crippen LogP contribution < -0.4 is 0 Å². The number of thiophene rings is 1. The summed E-state index contributed by atoms with van der Waals surface area (Å²) in [6.07, 6.45) is 1.50. The highest BCUT2D eigenvalue weighted by molar-refractivity contribution is 7.98. The van der Waals surface area contributed by atoms with Gasteiger partial charge in [0, 0.05) is 28.8 Å². The summed E-state index contributed by atoms with van der Waals surface area (Å²) in [7, 11) is 0. The van der Waals surface area contributed by atoms with Gasteiger partial charge in [-0.25, -0.2) is 14.4 Å². The smallest absolute Gasteiger partial charge is 0.258 e. The van der Waals surface area contributed by atoms with E-state index in [0.717, 1.165) is 31.9 Å². The van der Waals surface area contributed by atoms with Gasteiger partial charge >= 0.3 is 0 Å². The Morgan fingerprint density at radius 2 is 2.00 bits per heavy atom. The van der Waals surface area contributed by atoms with Crippen molar-refractivity contribution in [2.24, 2.45) is 0 Å². The Morgan fingerprint density at radius 1 is 1.15 bits per heavy atom. The normalized spacial score (nSPS) is 11.0. The van der Waals surface area contributed by atoms with Crippen LogP contribution in [-0.2, 0) is 5.75 Å². The lowest BCUT2D eigenvalue weighted by Gasteiger charge is -2.06. The fourth-order valence-corrected chi connectivity index (χ4v) is 4.67. The van der Waals surface area contributed by atoms with Crippen LogP contribution in [-0.4, -0.2) is 14.9 Å². The minimum Gasteiger partial charge on any atom is -0.258 e. The lowest BCUT2D eigenvalue weighted by molar-refractivity contribution is -0.384. The molecule has 4 aromatic rings. The van der Waals surface area contributed by atoms with E-state index in [1.807, 2.05) is 17.5 Å². The lowest BCUT2D eigenvalue weighted by Crippen LogP contribution is -1.90. The van der Waals surface area contributed by atoms with E-state index in [0.29, 0.717) is 5.75 Å². The van der Waals surface area contributed by atoms with Crippen molar-refractivity contribution in [1.29, 1.82) is 0 Å². The van der Waals surface area contributed by atoms with Gasteiger partial charge in [-0.05, 0) is 23.3 Å². The van der Waals surface area contributed by atoms with E-state index < -0.39 is 4.92 Å². The summed E-state index contributed by atoms with van der Waals surface area (Å²) in [6.45, 7) is 0. The van der Waals surface area contributed by atoms with E-state index in [2.05, 4.69) is 9.97 Å². The molecule has 2 aromatic carbocycles. The fraction of sp³-hybridized carbons (Fsp3) is 0.0526. The van der Waals surface area contributed by atoms with Crippen molar-refractivity contribution >= 4 is 39.0 Å². The maximum atomic E-state index is 13.4. The number of benzene rings is 2. The molecule has 0 aliphatic rings. The number of aromatic nitrogens is 2. The van der Waals surface area contributed by atoms with Crippen molar-refractivity contribution in [2.75, 3.05) is 0 Å². The zero-order valence-electron chi connectivity index (χ0n) is 13.8. The molecule has 0 atom stereocenters. The van der Waals surface area contributed by atoms with Crippen LogP contribution in [0.5, 0.6) is 0 Å². The van der Waals surface area contributed by atoms with Crippen LogP contribution in [0.1, 0.15) is 5.56 Å². The molecule has 0 saturated carbocycles. The molecule has 2 aromatic heterocycles. The molecule has 0 aliphatic carbocycles. The number of hydrogen-bond donors (Lipinski definition) is 0. The third kappa shape index (κ3) is 3.67. The highest BCUT2D eigenvalue weighted by Gasteiger charge is 2.16. The summed E-state index contributed by atoms with van der Waals surface area (Å²) in [5, 5.41) is 14.7. The lowest BCUT2D eigenvalue weighted by atomic mass is 10.1. The molecule has 0 fully saturated rings. The van der Waals surface area contributed by atoms with Gasteiger partial charge in [0.1, 0.15) is 22.0 Å². The van der Waals surface area contributed by atoms with Gasteiger partial charge in [0.25, 0.3) is 5.69 Å². The van der Waals surface area contributed by atoms with Crippen LogP contribution in [0.4, 0.5) is 10.1 Å². The highest BCUT2D eigenvalue weighted by atomic mass is 32.2. The molecule has 0 N–H and O–H groups in total. The molecule has 0 amide bonds. The molecule has 5 nitrogen and oxygen atoms in total. The Balaban J connectivity index is 1.73. The van der Waals surface area contributed by atoms with Crippen molar-refractivity contribution < 1.29 is 9.31 Å². The van der Waals surface area contributed by atoms with Crippen molar-refractivity contribution in [3.8, 4) is 11.1 Å². The molecule has 2 heterocycles. The van der Waals surface area contributed by atoms with Crippen molar-refractivity contribution in [2.45, 2.75) is 10.8 Å². The van der Waals surface area contributed by atoms with Crippen molar-refractivity contribution in [3.63, 3.8) is 0 Å². The number of hydrogen-bond acceptors (Lipinski definition) is 6. The molecule has 27 heavy (non-hydrogen) atoms. The predicted molar refractivity (Wildman–Crippen MR) is 105 cm³/mol. The number of halogens is 1. The minimum atomic E-state index is -0.409. The third-order valence-electron chi connectivity index (χ3n) is 3.97. The van der Waals surface area contributed by atoms with Crippen LogP contribution in [0.3, 0.4) is 0 Å². The van der Waals surface area contributed by atoms with Crippen LogP contribution >= 0.6 is 23.1 Å². The van der Waals surface area contributed by atoms with E-state index >= 15 is 0 Å². The third-order valence-corrected chi connectivity index (χ3v) is 5.92. The zero-order chi connectivity index (χ0) is 18.8. The SMILES string of the molecule is O=[N+]([O-])c1cccc(-c2csc3ncnc(SCc4cccc(F)c4)c23)c1. The number of rotatable bonds is 5. The second-order valence-corrected chi connectivity index (χ2v) is 7.56. The van der Waals surface area contributed by atoms with E-state index in [1.54, 1.807) is 18.2 Å². The Labute approximate surface area is 162 Å². The fourth-order valence-electron chi connectivity index (χ4n) is 2.74. The van der Waals surface area contributed by atoms with Gasteiger partial charge in [-0.15, -0.1) is 23.1 Å². The predicted octanol–water partition coefficient (Wildman–Crippen LogP) is 5.70. The summed E-state index contributed by atoms with van der Waals surface area (Å²) in [5.41, 5.74) is 2.51. The first-order valence-corrected chi connectivity index (χ1v) is 9.82. The summed E-state index contributed by atoms with van der Waals surface area (Å²) < 4.78 is 13.4. The summed E-state index contributed by atoms with van der Waals surface area (Å²) >= 11 is 2.96. The number of nitrogens with zero attached hydrogens (tertiary/aromatic N) is 3. The van der Waals surface area contributed by atoms with Crippen LogP contribution in [0.15, 0.2) is 65.3 Å². The molecule has 8 heteroatoms. The van der Waals surface area contributed by atoms with Gasteiger partial charge in [0.15, 0.2) is 0 Å². The van der Waals surface area contributed by atoms with E-state index in [9.17, 15) is 14.5 Å². The number of nitro groups is 1. The average molecular weight is 397 g/mol. The van der Waals surface area contributed by atoms with Gasteiger partial charge in [0.05, 0.1) is 10.3 Å². The molecule has 0 radical (unpaired) electrons. The Bertz CT molecular complexity index is 1150. The molecule has 0 aliphatic heterocycles. The molecule has 0 spiro atoms. The molecular weight excluding hydrogens is 385 g/mol. The van der Waals surface area contributed by atoms with Crippen LogP contribution in [0.2, 0.25) is 0 Å². The first kappa shape index (κ1) is 17.6. The molecular formula is C19H12FN3O2S2. The average Bonchev–Trinajstić information content (AvgIpc) is 3.11. The summed E-state index contributed by atoms with van der Waals surface area (Å²) in [5.74, 6) is 0.294. The largest absolute Gasteiger partial charge is 0.270 e. The number of fused-ring (bicyclic) bond motifs is 1. The standard InChI is InChI=1S/C19H12FN3O2S2/c20-14-5-1-3-12(7-14)9-26-18-17-16(10-27-19(17)22-11-21-18)13-4-2-6-15(8-13)23(24)25/h1-8,10-11H,9H2. The monoisotopic (exact) mass is 397 g/mol. The van der Waals surface area contributed by atoms with Gasteiger partial charge in [-0.2, -0.15) is 0 Å². The highest BCUT2D eigenvalue weighted by Crippen LogP contribution is 2.39. The van der Waals surface area contributed by atoms with Gasteiger partial charge in [0.2, 0.25) is 0 Å². The minimum absolute atomic E-state index is 0.0395. The molecule has 0 bridgehead atoms. The Hall–Kier alpha value is -2.84. The van der Waals surface area contributed by atoms with Gasteiger partial charge < -0.3 is 0 Å². The first-order chi connectivity index (χ1) is 13.1. The first-order valence-electron chi connectivity index (χ1n) is 7.96. The van der Waals surface area contributed by atoms with E-state index in [4.69, 9.17) is 0 Å². The van der Waals surface area contributed by atoms with Crippen LogP contribution in [0.25, 0.3) is 21.3 Å². The Morgan fingerprint density at radius 3 is 2.81 bits per heavy atom. The van der Waals surface area contributed by atoms with Crippen molar-refractivity contribution in [3.05, 3.63) is 81.7 Å². The van der Waals surface area contributed by atoms with E-state index in [1.165, 1.54) is 47.6 Å². The topological polar surface area (TPSA) is 68.9 Å². The molecule has 0 saturated heterocycles. The van der Waals surface area contributed by atoms with E-state index in [-0.39, 0.29) is 11.5 Å². The molecule has 134 valence electrons. The summed E-state index contributed by atoms with van der Waals surface area (Å²) in [6, 6.07) is 13.0. The maximum absolute atomic E-state index is 13.4. The van der Waals surface area contributed by atoms with Gasteiger partial charge in [-0.3, -0.25) is 10.1 Å². The quantitative estimate of drug-likeness (QED) is 0.187. The second-order valence-electron chi connectivity index (χ2n) is 5.73. The molecule has 4 rings (SSSR count). The number of thioether (sulfide) groups is 1.